The van der Waals surface area contributed by atoms with Crippen LogP contribution in [0.1, 0.15) is 38.2 Å². The summed E-state index contributed by atoms with van der Waals surface area (Å²) < 4.78 is 52.2. The zero-order valence-corrected chi connectivity index (χ0v) is 24.1. The third kappa shape index (κ3) is 4.10. The molecular formula is C32H31F3N6O3. The summed E-state index contributed by atoms with van der Waals surface area (Å²) in [5, 5.41) is 14.8. The second kappa shape index (κ2) is 9.91. The maximum atomic E-state index is 16.7. The van der Waals surface area contributed by atoms with Crippen LogP contribution in [0, 0.1) is 11.6 Å². The highest BCUT2D eigenvalue weighted by atomic mass is 19.1. The number of ether oxygens (including phenoxy) is 1. The van der Waals surface area contributed by atoms with Crippen LogP contribution >= 0.6 is 0 Å². The lowest BCUT2D eigenvalue weighted by molar-refractivity contribution is -0.121. The van der Waals surface area contributed by atoms with Gasteiger partial charge in [0.1, 0.15) is 47.4 Å². The SMILES string of the molecule is CCc1c(F)ccc2cc(O)cc(-c3ncc4c(N5C[C@H]6C[C@@H]5C(=O)N6)nc(OC[C@@]56CCCN5CC(F)C6)nc4c3F)c12. The fraction of sp³-hybridized carbons (Fsp3) is 0.438. The predicted octanol–water partition coefficient (Wildman–Crippen LogP) is 4.42. The van der Waals surface area contributed by atoms with Crippen LogP contribution in [-0.2, 0) is 11.2 Å². The van der Waals surface area contributed by atoms with E-state index >= 15 is 4.39 Å². The smallest absolute Gasteiger partial charge is 0.319 e. The van der Waals surface area contributed by atoms with Gasteiger partial charge in [-0.15, -0.1) is 0 Å². The van der Waals surface area contributed by atoms with Crippen molar-refractivity contribution in [3.63, 3.8) is 0 Å². The molecule has 2 N–H and O–H groups in total. The number of halogens is 3. The number of nitrogens with one attached hydrogen (secondary N) is 1. The number of pyridine rings is 1. The Morgan fingerprint density at radius 3 is 2.86 bits per heavy atom. The molecule has 1 amide bonds. The molecule has 228 valence electrons. The van der Waals surface area contributed by atoms with Gasteiger partial charge in [-0.25, -0.2) is 13.2 Å². The molecular weight excluding hydrogens is 573 g/mol. The second-order valence-corrected chi connectivity index (χ2v) is 12.5. The van der Waals surface area contributed by atoms with Crippen molar-refractivity contribution < 1.29 is 27.8 Å². The van der Waals surface area contributed by atoms with Crippen LogP contribution in [0.25, 0.3) is 32.9 Å². The third-order valence-electron chi connectivity index (χ3n) is 9.86. The van der Waals surface area contributed by atoms with E-state index in [1.165, 1.54) is 24.4 Å². The highest BCUT2D eigenvalue weighted by Crippen LogP contribution is 2.42. The number of fused-ring (bicyclic) bond motifs is 5. The van der Waals surface area contributed by atoms with E-state index in [1.807, 2.05) is 11.8 Å². The lowest BCUT2D eigenvalue weighted by Crippen LogP contribution is -2.48. The van der Waals surface area contributed by atoms with Crippen LogP contribution in [0.4, 0.5) is 19.0 Å². The zero-order valence-electron chi connectivity index (χ0n) is 24.1. The molecule has 4 saturated heterocycles. The monoisotopic (exact) mass is 604 g/mol. The average molecular weight is 605 g/mol. The van der Waals surface area contributed by atoms with E-state index in [1.54, 1.807) is 6.07 Å². The van der Waals surface area contributed by atoms with Crippen LogP contribution < -0.4 is 15.0 Å². The molecule has 0 spiro atoms. The number of aromatic nitrogens is 3. The Morgan fingerprint density at radius 1 is 1.20 bits per heavy atom. The number of amides is 1. The molecule has 12 heteroatoms. The first-order valence-electron chi connectivity index (χ1n) is 15.1. The normalized spacial score (nSPS) is 26.2. The molecule has 0 saturated carbocycles. The first kappa shape index (κ1) is 27.4. The predicted molar refractivity (Wildman–Crippen MR) is 157 cm³/mol. The van der Waals surface area contributed by atoms with Gasteiger partial charge in [0, 0.05) is 37.3 Å². The number of anilines is 1. The Labute approximate surface area is 251 Å². The van der Waals surface area contributed by atoms with Gasteiger partial charge in [0.15, 0.2) is 5.82 Å². The highest BCUT2D eigenvalue weighted by molar-refractivity contribution is 6.02. The summed E-state index contributed by atoms with van der Waals surface area (Å²) in [6.45, 7) is 3.61. The van der Waals surface area contributed by atoms with Crippen molar-refractivity contribution in [2.45, 2.75) is 62.8 Å². The van der Waals surface area contributed by atoms with E-state index in [0.717, 1.165) is 19.4 Å². The van der Waals surface area contributed by atoms with E-state index in [4.69, 9.17) is 4.74 Å². The molecule has 8 rings (SSSR count). The van der Waals surface area contributed by atoms with Crippen molar-refractivity contribution in [1.29, 1.82) is 0 Å². The van der Waals surface area contributed by atoms with Gasteiger partial charge in [0.2, 0.25) is 5.91 Å². The van der Waals surface area contributed by atoms with Gasteiger partial charge >= 0.3 is 6.01 Å². The Bertz CT molecular complexity index is 1860. The molecule has 6 heterocycles. The number of rotatable bonds is 6. The van der Waals surface area contributed by atoms with Gasteiger partial charge in [-0.2, -0.15) is 9.97 Å². The Balaban J connectivity index is 1.29. The van der Waals surface area contributed by atoms with Crippen LogP contribution in [0.3, 0.4) is 0 Å². The van der Waals surface area contributed by atoms with E-state index in [-0.39, 0.29) is 47.1 Å². The van der Waals surface area contributed by atoms with Crippen molar-refractivity contribution in [2.24, 2.45) is 0 Å². The molecule has 1 unspecified atom stereocenters. The maximum Gasteiger partial charge on any atom is 0.319 e. The summed E-state index contributed by atoms with van der Waals surface area (Å²) in [7, 11) is 0. The summed E-state index contributed by atoms with van der Waals surface area (Å²) >= 11 is 0. The summed E-state index contributed by atoms with van der Waals surface area (Å²) in [4.78, 5) is 30.2. The largest absolute Gasteiger partial charge is 0.508 e. The van der Waals surface area contributed by atoms with Gasteiger partial charge < -0.3 is 20.1 Å². The lowest BCUT2D eigenvalue weighted by Gasteiger charge is -2.31. The van der Waals surface area contributed by atoms with E-state index in [2.05, 4.69) is 25.2 Å². The maximum absolute atomic E-state index is 16.7. The number of alkyl halides is 1. The minimum absolute atomic E-state index is 0.0501. The van der Waals surface area contributed by atoms with Gasteiger partial charge in [-0.05, 0) is 66.8 Å². The van der Waals surface area contributed by atoms with E-state index in [0.29, 0.717) is 59.9 Å². The zero-order chi connectivity index (χ0) is 30.3. The van der Waals surface area contributed by atoms with Crippen molar-refractivity contribution in [1.82, 2.24) is 25.2 Å². The first-order valence-corrected chi connectivity index (χ1v) is 15.1. The number of hydrogen-bond donors (Lipinski definition) is 2. The number of phenolic OH excluding ortho intramolecular Hbond substituents is 1. The van der Waals surface area contributed by atoms with Crippen molar-refractivity contribution in [3.05, 3.63) is 47.7 Å². The molecule has 4 atom stereocenters. The van der Waals surface area contributed by atoms with Gasteiger partial charge in [-0.3, -0.25) is 14.7 Å². The number of aryl methyl sites for hydroxylation is 1. The molecule has 4 aromatic rings. The van der Waals surface area contributed by atoms with Crippen molar-refractivity contribution >= 4 is 33.4 Å². The molecule has 0 radical (unpaired) electrons. The Morgan fingerprint density at radius 2 is 2.07 bits per heavy atom. The van der Waals surface area contributed by atoms with E-state index in [9.17, 15) is 18.7 Å². The fourth-order valence-electron chi connectivity index (χ4n) is 7.89. The minimum atomic E-state index is -0.938. The fourth-order valence-corrected chi connectivity index (χ4v) is 7.89. The lowest BCUT2D eigenvalue weighted by atomic mass is 9.94. The van der Waals surface area contributed by atoms with Crippen LogP contribution in [0.2, 0.25) is 0 Å². The summed E-state index contributed by atoms with van der Waals surface area (Å²) in [6, 6.07) is 5.17. The highest BCUT2D eigenvalue weighted by Gasteiger charge is 2.50. The van der Waals surface area contributed by atoms with Gasteiger partial charge in [0.05, 0.1) is 10.9 Å². The number of hydrogen-bond acceptors (Lipinski definition) is 8. The van der Waals surface area contributed by atoms with Gasteiger partial charge in [0.25, 0.3) is 0 Å². The van der Waals surface area contributed by atoms with Gasteiger partial charge in [-0.1, -0.05) is 13.0 Å². The topological polar surface area (TPSA) is 104 Å². The third-order valence-corrected chi connectivity index (χ3v) is 9.86. The molecule has 2 bridgehead atoms. The van der Waals surface area contributed by atoms with Crippen LogP contribution in [-0.4, -0.2) is 80.9 Å². The Kier molecular flexibility index (Phi) is 6.17. The second-order valence-electron chi connectivity index (χ2n) is 12.5. The number of benzene rings is 2. The molecule has 44 heavy (non-hydrogen) atoms. The van der Waals surface area contributed by atoms with Crippen LogP contribution in [0.5, 0.6) is 11.8 Å². The standard InChI is InChI=1S/C32H31F3N6O3/c1-2-20-23(34)5-4-16-8-19(42)10-21(25(16)20)27-26(35)28-22(12-36-27)29(41-14-18-9-24(41)30(43)37-18)39-31(38-28)44-15-32-6-3-7-40(32)13-17(33)11-32/h4-5,8,10,12,17-18,24,42H,2-3,6-7,9,11,13-15H2,1H3,(H,37,43)/t17?,18-,24-,32+/m1/s1. The molecule has 4 fully saturated rings. The quantitative estimate of drug-likeness (QED) is 0.334. The molecule has 4 aliphatic rings. The van der Waals surface area contributed by atoms with Crippen molar-refractivity contribution in [3.8, 4) is 23.0 Å². The molecule has 2 aromatic carbocycles. The summed E-state index contributed by atoms with van der Waals surface area (Å²) in [5.74, 6) is -1.12. The number of carbonyl (C=O) groups is 1. The van der Waals surface area contributed by atoms with Crippen LogP contribution in [0.15, 0.2) is 30.5 Å². The Hall–Kier alpha value is -4.19. The summed E-state index contributed by atoms with van der Waals surface area (Å²) in [5.41, 5.74) is -0.0220. The minimum Gasteiger partial charge on any atom is -0.508 e. The number of carbonyl (C=O) groups excluding carboxylic acids is 1. The number of nitrogens with zero attached hydrogens (tertiary/aromatic N) is 5. The molecule has 0 aliphatic carbocycles. The molecule has 4 aliphatic heterocycles. The summed E-state index contributed by atoms with van der Waals surface area (Å²) in [6.07, 6.45) is 3.54. The number of phenols is 1. The van der Waals surface area contributed by atoms with E-state index < -0.39 is 29.4 Å². The number of aromatic hydroxyl groups is 1. The number of piperazine rings is 1. The molecule has 9 nitrogen and oxygen atoms in total. The average Bonchev–Trinajstić information content (AvgIpc) is 3.75. The van der Waals surface area contributed by atoms with Crippen molar-refractivity contribution in [2.75, 3.05) is 31.1 Å². The first-order chi connectivity index (χ1) is 21.2. The molecule has 2 aromatic heterocycles.